The highest BCUT2D eigenvalue weighted by Crippen LogP contribution is 2.28. The number of nitrogens with one attached hydrogen (secondary N) is 2. The van der Waals surface area contributed by atoms with E-state index in [0.29, 0.717) is 18.2 Å². The van der Waals surface area contributed by atoms with E-state index in [4.69, 9.17) is 0 Å². The lowest BCUT2D eigenvalue weighted by atomic mass is 9.94. The summed E-state index contributed by atoms with van der Waals surface area (Å²) >= 11 is 0. The molecule has 1 aromatic carbocycles. The first kappa shape index (κ1) is 17.7. The molecule has 2 N–H and O–H groups in total. The first-order chi connectivity index (χ1) is 12.1. The van der Waals surface area contributed by atoms with Gasteiger partial charge in [-0.25, -0.2) is 0 Å². The van der Waals surface area contributed by atoms with Crippen LogP contribution in [0.5, 0.6) is 0 Å². The van der Waals surface area contributed by atoms with Crippen LogP contribution in [0.3, 0.4) is 0 Å². The van der Waals surface area contributed by atoms with Crippen molar-refractivity contribution in [3.8, 4) is 0 Å². The number of amides is 1. The van der Waals surface area contributed by atoms with E-state index in [2.05, 4.69) is 58.5 Å². The fraction of sp³-hybridized carbons (Fsp3) is 0.500. The summed E-state index contributed by atoms with van der Waals surface area (Å²) in [5, 5.41) is 10.1. The lowest BCUT2D eigenvalue weighted by Crippen LogP contribution is -2.34. The van der Waals surface area contributed by atoms with Crippen LogP contribution in [-0.4, -0.2) is 47.2 Å². The summed E-state index contributed by atoms with van der Waals surface area (Å²) in [5.41, 5.74) is 5.36. The molecule has 5 nitrogen and oxygen atoms in total. The van der Waals surface area contributed by atoms with Crippen LogP contribution in [-0.2, 0) is 6.42 Å². The van der Waals surface area contributed by atoms with Crippen molar-refractivity contribution < 1.29 is 4.79 Å². The van der Waals surface area contributed by atoms with Gasteiger partial charge in [-0.3, -0.25) is 9.89 Å². The molecule has 1 unspecified atom stereocenters. The number of likely N-dealkylation sites (tertiary alicyclic amines) is 1. The minimum atomic E-state index is -0.0805. The maximum Gasteiger partial charge on any atom is 0.272 e. The third-order valence-corrected chi connectivity index (χ3v) is 5.29. The van der Waals surface area contributed by atoms with Crippen LogP contribution in [0.2, 0.25) is 0 Å². The summed E-state index contributed by atoms with van der Waals surface area (Å²) in [7, 11) is 0. The number of aromatic amines is 1. The van der Waals surface area contributed by atoms with E-state index >= 15 is 0 Å². The van der Waals surface area contributed by atoms with Gasteiger partial charge in [0.2, 0.25) is 0 Å². The quantitative estimate of drug-likeness (QED) is 0.850. The Labute approximate surface area is 149 Å². The molecule has 2 aromatic rings. The molecule has 0 saturated carbocycles. The molecule has 1 fully saturated rings. The standard InChI is InChI=1S/C20H28N4O/c1-4-18-15(3)19(23-22-18)20(25)21-10-12-24-11-9-16(13-24)17-8-6-5-7-14(17)2/h5-8,16H,4,9-13H2,1-3H3,(H,21,25)(H,22,23). The number of nitrogens with zero attached hydrogens (tertiary/aromatic N) is 2. The number of H-pyrrole nitrogens is 1. The van der Waals surface area contributed by atoms with Gasteiger partial charge < -0.3 is 10.2 Å². The molecule has 1 aliphatic rings. The van der Waals surface area contributed by atoms with Gasteiger partial charge in [-0.15, -0.1) is 0 Å². The fourth-order valence-corrected chi connectivity index (χ4v) is 3.75. The zero-order valence-corrected chi connectivity index (χ0v) is 15.4. The van der Waals surface area contributed by atoms with E-state index in [1.54, 1.807) is 0 Å². The van der Waals surface area contributed by atoms with Gasteiger partial charge in [0.15, 0.2) is 5.69 Å². The first-order valence-electron chi connectivity index (χ1n) is 9.20. The monoisotopic (exact) mass is 340 g/mol. The van der Waals surface area contributed by atoms with E-state index in [0.717, 1.165) is 37.3 Å². The van der Waals surface area contributed by atoms with Crippen LogP contribution < -0.4 is 5.32 Å². The van der Waals surface area contributed by atoms with E-state index in [9.17, 15) is 4.79 Å². The van der Waals surface area contributed by atoms with Crippen LogP contribution in [0, 0.1) is 13.8 Å². The molecule has 1 amide bonds. The molecule has 0 spiro atoms. The normalized spacial score (nSPS) is 17.8. The predicted molar refractivity (Wildman–Crippen MR) is 100 cm³/mol. The molecule has 0 bridgehead atoms. The third-order valence-electron chi connectivity index (χ3n) is 5.29. The Bertz CT molecular complexity index is 737. The second-order valence-corrected chi connectivity index (χ2v) is 6.93. The van der Waals surface area contributed by atoms with Crippen molar-refractivity contribution in [2.75, 3.05) is 26.2 Å². The van der Waals surface area contributed by atoms with Crippen LogP contribution in [0.15, 0.2) is 24.3 Å². The number of benzene rings is 1. The van der Waals surface area contributed by atoms with Crippen molar-refractivity contribution >= 4 is 5.91 Å². The van der Waals surface area contributed by atoms with Gasteiger partial charge in [-0.2, -0.15) is 5.10 Å². The Kier molecular flexibility index (Phi) is 5.53. The molecule has 134 valence electrons. The summed E-state index contributed by atoms with van der Waals surface area (Å²) in [6.07, 6.45) is 2.05. The first-order valence-corrected chi connectivity index (χ1v) is 9.20. The van der Waals surface area contributed by atoms with Gasteiger partial charge in [-0.05, 0) is 50.3 Å². The van der Waals surface area contributed by atoms with Crippen LogP contribution in [0.4, 0.5) is 0 Å². The Morgan fingerprint density at radius 2 is 2.16 bits per heavy atom. The smallest absolute Gasteiger partial charge is 0.272 e. The summed E-state index contributed by atoms with van der Waals surface area (Å²) < 4.78 is 0. The van der Waals surface area contributed by atoms with E-state index in [1.807, 2.05) is 6.92 Å². The molecule has 3 rings (SSSR count). The Morgan fingerprint density at radius 1 is 1.36 bits per heavy atom. The molecule has 25 heavy (non-hydrogen) atoms. The van der Waals surface area contributed by atoms with Gasteiger partial charge in [0, 0.05) is 30.9 Å². The van der Waals surface area contributed by atoms with Crippen LogP contribution in [0.25, 0.3) is 0 Å². The molecule has 5 heteroatoms. The van der Waals surface area contributed by atoms with Gasteiger partial charge >= 0.3 is 0 Å². The van der Waals surface area contributed by atoms with E-state index in [1.165, 1.54) is 17.5 Å². The lowest BCUT2D eigenvalue weighted by Gasteiger charge is -2.17. The minimum absolute atomic E-state index is 0.0805. The van der Waals surface area contributed by atoms with Gasteiger partial charge in [0.25, 0.3) is 5.91 Å². The van der Waals surface area contributed by atoms with Crippen LogP contribution in [0.1, 0.15) is 52.1 Å². The molecule has 0 radical (unpaired) electrons. The topological polar surface area (TPSA) is 61.0 Å². The lowest BCUT2D eigenvalue weighted by molar-refractivity contribution is 0.0944. The molecular formula is C20H28N4O. The maximum absolute atomic E-state index is 12.3. The van der Waals surface area contributed by atoms with E-state index in [-0.39, 0.29) is 5.91 Å². The Hall–Kier alpha value is -2.14. The number of rotatable bonds is 6. The highest BCUT2D eigenvalue weighted by Gasteiger charge is 2.24. The number of hydrogen-bond donors (Lipinski definition) is 2. The summed E-state index contributed by atoms with van der Waals surface area (Å²) in [6, 6.07) is 8.66. The SMILES string of the molecule is CCc1[nH]nc(C(=O)NCCN2CCC(c3ccccc3C)C2)c1C. The number of carbonyl (C=O) groups excluding carboxylic acids is 1. The van der Waals surface area contributed by atoms with Crippen molar-refractivity contribution in [2.45, 2.75) is 39.5 Å². The maximum atomic E-state index is 12.3. The van der Waals surface area contributed by atoms with Gasteiger partial charge in [-0.1, -0.05) is 31.2 Å². The molecule has 0 aliphatic carbocycles. The van der Waals surface area contributed by atoms with Crippen molar-refractivity contribution in [3.63, 3.8) is 0 Å². The summed E-state index contributed by atoms with van der Waals surface area (Å²) in [5.74, 6) is 0.528. The minimum Gasteiger partial charge on any atom is -0.349 e. The van der Waals surface area contributed by atoms with Gasteiger partial charge in [0.05, 0.1) is 0 Å². The number of hydrogen-bond acceptors (Lipinski definition) is 3. The largest absolute Gasteiger partial charge is 0.349 e. The zero-order chi connectivity index (χ0) is 17.8. The average Bonchev–Trinajstić information content (AvgIpc) is 3.22. The summed E-state index contributed by atoms with van der Waals surface area (Å²) in [6.45, 7) is 9.91. The van der Waals surface area contributed by atoms with Crippen molar-refractivity contribution in [2.24, 2.45) is 0 Å². The fourth-order valence-electron chi connectivity index (χ4n) is 3.75. The molecule has 2 heterocycles. The zero-order valence-electron chi connectivity index (χ0n) is 15.4. The number of aromatic nitrogens is 2. The molecule has 1 saturated heterocycles. The van der Waals surface area contributed by atoms with Crippen molar-refractivity contribution in [1.82, 2.24) is 20.4 Å². The van der Waals surface area contributed by atoms with Crippen molar-refractivity contribution in [1.29, 1.82) is 0 Å². The molecular weight excluding hydrogens is 312 g/mol. The number of carbonyl (C=O) groups is 1. The second kappa shape index (κ2) is 7.83. The van der Waals surface area contributed by atoms with E-state index < -0.39 is 0 Å². The average molecular weight is 340 g/mol. The number of aryl methyl sites for hydroxylation is 2. The Morgan fingerprint density at radius 3 is 2.88 bits per heavy atom. The highest BCUT2D eigenvalue weighted by atomic mass is 16.1. The van der Waals surface area contributed by atoms with Gasteiger partial charge in [0.1, 0.15) is 0 Å². The van der Waals surface area contributed by atoms with Crippen LogP contribution >= 0.6 is 0 Å². The predicted octanol–water partition coefficient (Wildman–Crippen LogP) is 2.81. The molecule has 1 aliphatic heterocycles. The Balaban J connectivity index is 1.48. The van der Waals surface area contributed by atoms with Crippen molar-refractivity contribution in [3.05, 3.63) is 52.3 Å². The molecule has 1 atom stereocenters. The third kappa shape index (κ3) is 3.93. The summed E-state index contributed by atoms with van der Waals surface area (Å²) in [4.78, 5) is 14.7. The highest BCUT2D eigenvalue weighted by molar-refractivity contribution is 5.93. The second-order valence-electron chi connectivity index (χ2n) is 6.93. The molecule has 1 aromatic heterocycles.